The van der Waals surface area contributed by atoms with Gasteiger partial charge in [-0.1, -0.05) is 29.8 Å². The minimum absolute atomic E-state index is 0. The van der Waals surface area contributed by atoms with Crippen LogP contribution in [0.2, 0.25) is 5.02 Å². The highest BCUT2D eigenvalue weighted by molar-refractivity contribution is 14.0. The van der Waals surface area contributed by atoms with Gasteiger partial charge >= 0.3 is 0 Å². The Morgan fingerprint density at radius 2 is 2.11 bits per heavy atom. The van der Waals surface area contributed by atoms with E-state index in [1.807, 2.05) is 48.7 Å². The Morgan fingerprint density at radius 1 is 1.33 bits per heavy atom. The average molecular weight is 524 g/mol. The van der Waals surface area contributed by atoms with Crippen molar-refractivity contribution in [2.75, 3.05) is 26.7 Å². The molecule has 0 bridgehead atoms. The second kappa shape index (κ2) is 11.9. The summed E-state index contributed by atoms with van der Waals surface area (Å²) < 4.78 is 5.57. The van der Waals surface area contributed by atoms with E-state index in [2.05, 4.69) is 15.6 Å². The summed E-state index contributed by atoms with van der Waals surface area (Å²) in [5, 5.41) is 19.7. The smallest absolute Gasteiger partial charge is 0.191 e. The van der Waals surface area contributed by atoms with Crippen LogP contribution in [-0.2, 0) is 10.3 Å². The lowest BCUT2D eigenvalue weighted by Gasteiger charge is -2.22. The molecule has 2 aromatic rings. The van der Waals surface area contributed by atoms with E-state index < -0.39 is 5.60 Å². The van der Waals surface area contributed by atoms with Gasteiger partial charge in [-0.2, -0.15) is 0 Å². The summed E-state index contributed by atoms with van der Waals surface area (Å²) in [7, 11) is 1.67. The van der Waals surface area contributed by atoms with Crippen molar-refractivity contribution >= 4 is 52.9 Å². The molecule has 0 radical (unpaired) electrons. The monoisotopic (exact) mass is 523 g/mol. The minimum Gasteiger partial charge on any atom is -0.383 e. The molecule has 8 heteroatoms. The molecule has 0 saturated carbocycles. The second-order valence-electron chi connectivity index (χ2n) is 6.11. The van der Waals surface area contributed by atoms with Gasteiger partial charge in [0.2, 0.25) is 0 Å². The van der Waals surface area contributed by atoms with Crippen molar-refractivity contribution in [3.8, 4) is 0 Å². The zero-order valence-electron chi connectivity index (χ0n) is 15.7. The van der Waals surface area contributed by atoms with Crippen molar-refractivity contribution in [1.29, 1.82) is 0 Å². The molecule has 3 N–H and O–H groups in total. The Morgan fingerprint density at radius 3 is 2.70 bits per heavy atom. The highest BCUT2D eigenvalue weighted by atomic mass is 127. The summed E-state index contributed by atoms with van der Waals surface area (Å²) in [4.78, 5) is 5.42. The third-order valence-corrected chi connectivity index (χ3v) is 5.26. The maximum absolute atomic E-state index is 10.6. The predicted octanol–water partition coefficient (Wildman–Crippen LogP) is 4.17. The molecule has 1 aromatic heterocycles. The largest absolute Gasteiger partial charge is 0.383 e. The Bertz CT molecular complexity index is 711. The van der Waals surface area contributed by atoms with Crippen LogP contribution < -0.4 is 10.6 Å². The first-order valence-electron chi connectivity index (χ1n) is 8.53. The normalized spacial score (nSPS) is 14.8. The van der Waals surface area contributed by atoms with Crippen molar-refractivity contribution in [2.24, 2.45) is 4.99 Å². The number of halogens is 2. The highest BCUT2D eigenvalue weighted by Gasteiger charge is 2.24. The fourth-order valence-electron chi connectivity index (χ4n) is 2.47. The Kier molecular flexibility index (Phi) is 10.6. The molecule has 0 aliphatic carbocycles. The van der Waals surface area contributed by atoms with E-state index in [0.717, 1.165) is 17.0 Å². The van der Waals surface area contributed by atoms with E-state index >= 15 is 0 Å². The summed E-state index contributed by atoms with van der Waals surface area (Å²) in [5.74, 6) is 0.633. The van der Waals surface area contributed by atoms with Crippen LogP contribution in [0.15, 0.2) is 46.8 Å². The molecule has 0 saturated heterocycles. The quantitative estimate of drug-likeness (QED) is 0.276. The van der Waals surface area contributed by atoms with E-state index in [1.54, 1.807) is 14.0 Å². The van der Waals surface area contributed by atoms with E-state index in [1.165, 1.54) is 11.3 Å². The van der Waals surface area contributed by atoms with Crippen molar-refractivity contribution in [2.45, 2.75) is 25.6 Å². The van der Waals surface area contributed by atoms with Crippen LogP contribution in [0.4, 0.5) is 0 Å². The van der Waals surface area contributed by atoms with E-state index in [-0.39, 0.29) is 36.6 Å². The molecule has 2 rings (SSSR count). The van der Waals surface area contributed by atoms with Gasteiger partial charge in [0, 0.05) is 30.1 Å². The summed E-state index contributed by atoms with van der Waals surface area (Å²) in [6.07, 6.45) is -0.157. The Balaban J connectivity index is 0.00000364. The Hall–Kier alpha value is -0.870. The van der Waals surface area contributed by atoms with Crippen molar-refractivity contribution in [3.63, 3.8) is 0 Å². The molecule has 2 atom stereocenters. The van der Waals surface area contributed by atoms with Crippen molar-refractivity contribution < 1.29 is 9.84 Å². The lowest BCUT2D eigenvalue weighted by Crippen LogP contribution is -2.40. The minimum atomic E-state index is -0.996. The number of nitrogens with one attached hydrogen (secondary N) is 2. The third kappa shape index (κ3) is 7.57. The van der Waals surface area contributed by atoms with Gasteiger partial charge in [-0.15, -0.1) is 35.3 Å². The first-order chi connectivity index (χ1) is 12.5. The van der Waals surface area contributed by atoms with Gasteiger partial charge < -0.3 is 20.5 Å². The van der Waals surface area contributed by atoms with Crippen LogP contribution in [0.3, 0.4) is 0 Å². The van der Waals surface area contributed by atoms with Crippen LogP contribution in [0, 0.1) is 0 Å². The number of thiophene rings is 1. The zero-order chi connectivity index (χ0) is 19.0. The molecule has 1 heterocycles. The van der Waals surface area contributed by atoms with Crippen LogP contribution in [0.1, 0.15) is 30.4 Å². The number of benzene rings is 1. The lowest BCUT2D eigenvalue weighted by atomic mass is 10.1. The molecular weight excluding hydrogens is 497 g/mol. The Labute approximate surface area is 187 Å². The fraction of sp³-hybridized carbons (Fsp3) is 0.421. The molecule has 0 spiro atoms. The van der Waals surface area contributed by atoms with Crippen molar-refractivity contribution in [3.05, 3.63) is 57.2 Å². The SMILES string of the molecule is CCNC(=NCC(C)(O)c1cccs1)NCC(OC)c1cccc(Cl)c1.I. The van der Waals surface area contributed by atoms with Crippen LogP contribution >= 0.6 is 46.9 Å². The molecule has 0 amide bonds. The third-order valence-electron chi connectivity index (χ3n) is 3.90. The second-order valence-corrected chi connectivity index (χ2v) is 7.49. The zero-order valence-corrected chi connectivity index (χ0v) is 19.6. The maximum atomic E-state index is 10.6. The number of hydrogen-bond donors (Lipinski definition) is 3. The highest BCUT2D eigenvalue weighted by Crippen LogP contribution is 2.25. The van der Waals surface area contributed by atoms with Gasteiger partial charge in [0.1, 0.15) is 5.60 Å². The number of nitrogens with zero attached hydrogens (tertiary/aromatic N) is 1. The first-order valence-corrected chi connectivity index (χ1v) is 9.79. The fourth-order valence-corrected chi connectivity index (χ4v) is 3.45. The van der Waals surface area contributed by atoms with Gasteiger partial charge in [-0.05, 0) is 43.0 Å². The van der Waals surface area contributed by atoms with Gasteiger partial charge in [0.15, 0.2) is 5.96 Å². The predicted molar refractivity (Wildman–Crippen MR) is 124 cm³/mol. The van der Waals surface area contributed by atoms with E-state index in [0.29, 0.717) is 17.5 Å². The van der Waals surface area contributed by atoms with Gasteiger partial charge in [0.05, 0.1) is 12.6 Å². The molecular formula is C19H27ClIN3O2S. The number of rotatable bonds is 8. The topological polar surface area (TPSA) is 65.9 Å². The standard InChI is InChI=1S/C19H26ClN3O2S.HI/c1-4-21-18(23-13-19(2,24)17-9-6-10-26-17)22-12-16(25-3)14-7-5-8-15(20)11-14;/h5-11,16,24H,4,12-13H2,1-3H3,(H2,21,22,23);1H. The van der Waals surface area contributed by atoms with E-state index in [4.69, 9.17) is 16.3 Å². The lowest BCUT2D eigenvalue weighted by molar-refractivity contribution is 0.0710. The van der Waals surface area contributed by atoms with Crippen LogP contribution in [-0.4, -0.2) is 37.8 Å². The first kappa shape index (κ1) is 24.2. The average Bonchev–Trinajstić information content (AvgIpc) is 3.16. The van der Waals surface area contributed by atoms with Crippen molar-refractivity contribution in [1.82, 2.24) is 10.6 Å². The molecule has 5 nitrogen and oxygen atoms in total. The molecule has 0 aliphatic heterocycles. The van der Waals surface area contributed by atoms with Gasteiger partial charge in [-0.3, -0.25) is 0 Å². The van der Waals surface area contributed by atoms with Crippen LogP contribution in [0.5, 0.6) is 0 Å². The van der Waals surface area contributed by atoms with Gasteiger partial charge in [0.25, 0.3) is 0 Å². The summed E-state index contributed by atoms with van der Waals surface area (Å²) in [5.41, 5.74) is -0.00152. The summed E-state index contributed by atoms with van der Waals surface area (Å²) >= 11 is 7.59. The number of guanidine groups is 1. The number of aliphatic imine (C=N–C) groups is 1. The molecule has 27 heavy (non-hydrogen) atoms. The molecule has 0 fully saturated rings. The maximum Gasteiger partial charge on any atom is 0.191 e. The number of methoxy groups -OCH3 is 1. The molecule has 0 aliphatic rings. The summed E-state index contributed by atoms with van der Waals surface area (Å²) in [6, 6.07) is 11.5. The van der Waals surface area contributed by atoms with Gasteiger partial charge in [-0.25, -0.2) is 4.99 Å². The summed E-state index contributed by atoms with van der Waals surface area (Å²) in [6.45, 7) is 5.29. The number of ether oxygens (including phenoxy) is 1. The van der Waals surface area contributed by atoms with E-state index in [9.17, 15) is 5.11 Å². The molecule has 2 unspecified atom stereocenters. The molecule has 150 valence electrons. The number of aliphatic hydroxyl groups is 1. The number of hydrogen-bond acceptors (Lipinski definition) is 4. The van der Waals surface area contributed by atoms with Crippen LogP contribution in [0.25, 0.3) is 0 Å². The molecule has 1 aromatic carbocycles.